The molecule has 1 saturated heterocycles. The zero-order valence-electron chi connectivity index (χ0n) is 10.9. The van der Waals surface area contributed by atoms with Gasteiger partial charge in [0.1, 0.15) is 12.4 Å². The number of hydrogen-bond donors (Lipinski definition) is 2. The average molecular weight is 299 g/mol. The summed E-state index contributed by atoms with van der Waals surface area (Å²) < 4.78 is 30.1. The summed E-state index contributed by atoms with van der Waals surface area (Å²) in [6.45, 7) is 0.992. The average Bonchev–Trinajstić information content (AvgIpc) is 2.78. The zero-order valence-corrected chi connectivity index (χ0v) is 11.7. The van der Waals surface area contributed by atoms with Gasteiger partial charge < -0.3 is 4.74 Å². The Bertz CT molecular complexity index is 588. The van der Waals surface area contributed by atoms with E-state index in [-0.39, 0.29) is 18.9 Å². The molecule has 0 unspecified atom stereocenters. The number of carbonyl (C=O) groups is 1. The fourth-order valence-corrected chi connectivity index (χ4v) is 3.57. The van der Waals surface area contributed by atoms with Crippen molar-refractivity contribution < 1.29 is 17.9 Å². The van der Waals surface area contributed by atoms with Crippen LogP contribution in [0.15, 0.2) is 24.3 Å². The van der Waals surface area contributed by atoms with E-state index < -0.39 is 15.9 Å². The molecule has 1 aromatic carbocycles. The van der Waals surface area contributed by atoms with Crippen molar-refractivity contribution in [2.75, 3.05) is 25.4 Å². The second kappa shape index (κ2) is 6.21. The van der Waals surface area contributed by atoms with Crippen LogP contribution in [-0.4, -0.2) is 44.1 Å². The Kier molecular flexibility index (Phi) is 4.58. The van der Waals surface area contributed by atoms with Crippen molar-refractivity contribution in [3.05, 3.63) is 29.8 Å². The molecule has 20 heavy (non-hydrogen) atoms. The van der Waals surface area contributed by atoms with E-state index in [4.69, 9.17) is 10.6 Å². The van der Waals surface area contributed by atoms with Crippen molar-refractivity contribution in [2.24, 2.45) is 5.84 Å². The predicted octanol–water partition coefficient (Wildman–Crippen LogP) is -0.296. The van der Waals surface area contributed by atoms with Crippen molar-refractivity contribution >= 4 is 15.9 Å². The third-order valence-electron chi connectivity index (χ3n) is 3.06. The molecular weight excluding hydrogens is 282 g/mol. The van der Waals surface area contributed by atoms with Crippen LogP contribution in [0.4, 0.5) is 0 Å². The first-order chi connectivity index (χ1) is 9.54. The lowest BCUT2D eigenvalue weighted by atomic mass is 10.2. The highest BCUT2D eigenvalue weighted by Crippen LogP contribution is 2.18. The van der Waals surface area contributed by atoms with Gasteiger partial charge in [0.15, 0.2) is 0 Å². The Morgan fingerprint density at radius 1 is 1.40 bits per heavy atom. The summed E-state index contributed by atoms with van der Waals surface area (Å²) in [5, 5.41) is 0. The van der Waals surface area contributed by atoms with Crippen LogP contribution in [0, 0.1) is 0 Å². The molecule has 1 fully saturated rings. The van der Waals surface area contributed by atoms with Gasteiger partial charge in [0.2, 0.25) is 10.0 Å². The molecule has 7 nitrogen and oxygen atoms in total. The standard InChI is InChI=1S/C12H17N3O4S/c13-14-12(16)10-4-1-2-5-11(10)19-8-7-15-6-3-9-20(15,17)18/h1-2,4-5H,3,6-9,13H2,(H,14,16). The van der Waals surface area contributed by atoms with Gasteiger partial charge in [0.25, 0.3) is 5.91 Å². The van der Waals surface area contributed by atoms with Crippen molar-refractivity contribution in [3.8, 4) is 5.75 Å². The molecule has 1 heterocycles. The lowest BCUT2D eigenvalue weighted by Crippen LogP contribution is -2.31. The topological polar surface area (TPSA) is 102 Å². The predicted molar refractivity (Wildman–Crippen MR) is 73.6 cm³/mol. The first-order valence-electron chi connectivity index (χ1n) is 6.25. The Hall–Kier alpha value is -1.64. The number of nitrogens with one attached hydrogen (secondary N) is 1. The second-order valence-corrected chi connectivity index (χ2v) is 6.48. The molecule has 2 rings (SSSR count). The van der Waals surface area contributed by atoms with Crippen LogP contribution < -0.4 is 16.0 Å². The van der Waals surface area contributed by atoms with E-state index >= 15 is 0 Å². The third kappa shape index (κ3) is 3.27. The number of benzene rings is 1. The number of nitrogen functional groups attached to an aromatic ring is 1. The van der Waals surface area contributed by atoms with Crippen LogP contribution in [0.5, 0.6) is 5.75 Å². The smallest absolute Gasteiger partial charge is 0.268 e. The van der Waals surface area contributed by atoms with Gasteiger partial charge in [-0.2, -0.15) is 4.31 Å². The molecule has 1 amide bonds. The highest BCUT2D eigenvalue weighted by Gasteiger charge is 2.27. The maximum Gasteiger partial charge on any atom is 0.268 e. The summed E-state index contributed by atoms with van der Waals surface area (Å²) in [6, 6.07) is 6.66. The van der Waals surface area contributed by atoms with Gasteiger partial charge in [-0.05, 0) is 18.6 Å². The molecule has 0 aromatic heterocycles. The third-order valence-corrected chi connectivity index (χ3v) is 5.02. The Morgan fingerprint density at radius 3 is 2.80 bits per heavy atom. The van der Waals surface area contributed by atoms with Crippen LogP contribution in [-0.2, 0) is 10.0 Å². The monoisotopic (exact) mass is 299 g/mol. The molecule has 0 saturated carbocycles. The van der Waals surface area contributed by atoms with Crippen LogP contribution in [0.2, 0.25) is 0 Å². The Morgan fingerprint density at radius 2 is 2.15 bits per heavy atom. The summed E-state index contributed by atoms with van der Waals surface area (Å²) in [5.41, 5.74) is 2.36. The van der Waals surface area contributed by atoms with Gasteiger partial charge >= 0.3 is 0 Å². The van der Waals surface area contributed by atoms with Crippen molar-refractivity contribution in [1.29, 1.82) is 0 Å². The highest BCUT2D eigenvalue weighted by atomic mass is 32.2. The van der Waals surface area contributed by atoms with E-state index in [9.17, 15) is 13.2 Å². The van der Waals surface area contributed by atoms with E-state index in [1.807, 2.05) is 5.43 Å². The van der Waals surface area contributed by atoms with E-state index in [0.717, 1.165) is 0 Å². The number of rotatable bonds is 5. The number of ether oxygens (including phenoxy) is 1. The van der Waals surface area contributed by atoms with E-state index in [2.05, 4.69) is 0 Å². The normalized spacial score (nSPS) is 17.9. The second-order valence-electron chi connectivity index (χ2n) is 4.39. The minimum Gasteiger partial charge on any atom is -0.491 e. The number of sulfonamides is 1. The van der Waals surface area contributed by atoms with Crippen molar-refractivity contribution in [3.63, 3.8) is 0 Å². The summed E-state index contributed by atoms with van der Waals surface area (Å²) in [7, 11) is -3.12. The zero-order chi connectivity index (χ0) is 14.6. The van der Waals surface area contributed by atoms with Gasteiger partial charge in [0.05, 0.1) is 11.3 Å². The molecule has 1 aliphatic rings. The lowest BCUT2D eigenvalue weighted by Gasteiger charge is -2.15. The first kappa shape index (κ1) is 14.8. The number of nitrogens with zero attached hydrogens (tertiary/aromatic N) is 1. The number of nitrogens with two attached hydrogens (primary N) is 1. The molecule has 0 bridgehead atoms. The lowest BCUT2D eigenvalue weighted by molar-refractivity contribution is 0.0949. The van der Waals surface area contributed by atoms with Gasteiger partial charge in [-0.15, -0.1) is 0 Å². The Balaban J connectivity index is 1.96. The number of amides is 1. The quantitative estimate of drug-likeness (QED) is 0.442. The molecule has 0 atom stereocenters. The molecule has 110 valence electrons. The molecule has 0 spiro atoms. The van der Waals surface area contributed by atoms with Crippen molar-refractivity contribution in [1.82, 2.24) is 9.73 Å². The number of hydrazine groups is 1. The summed E-state index contributed by atoms with van der Waals surface area (Å²) in [5.74, 6) is 5.22. The first-order valence-corrected chi connectivity index (χ1v) is 7.86. The molecule has 3 N–H and O–H groups in total. The van der Waals surface area contributed by atoms with Crippen LogP contribution >= 0.6 is 0 Å². The summed E-state index contributed by atoms with van der Waals surface area (Å²) in [6.07, 6.45) is 0.647. The van der Waals surface area contributed by atoms with Crippen molar-refractivity contribution in [2.45, 2.75) is 6.42 Å². The van der Waals surface area contributed by atoms with Crippen LogP contribution in [0.3, 0.4) is 0 Å². The summed E-state index contributed by atoms with van der Waals surface area (Å²) >= 11 is 0. The molecular formula is C12H17N3O4S. The Labute approximate surface area is 117 Å². The van der Waals surface area contributed by atoms with Crippen LogP contribution in [0.25, 0.3) is 0 Å². The number of carbonyl (C=O) groups excluding carboxylic acids is 1. The fourth-order valence-electron chi connectivity index (χ4n) is 2.06. The fraction of sp³-hybridized carbons (Fsp3) is 0.417. The minimum absolute atomic E-state index is 0.189. The maximum absolute atomic E-state index is 11.6. The number of hydrogen-bond acceptors (Lipinski definition) is 5. The molecule has 0 radical (unpaired) electrons. The molecule has 8 heteroatoms. The largest absolute Gasteiger partial charge is 0.491 e. The SMILES string of the molecule is NNC(=O)c1ccccc1OCCN1CCCS1(=O)=O. The van der Waals surface area contributed by atoms with Gasteiger partial charge in [0, 0.05) is 13.1 Å². The summed E-state index contributed by atoms with van der Waals surface area (Å²) in [4.78, 5) is 11.5. The van der Waals surface area contributed by atoms with Gasteiger partial charge in [-0.3, -0.25) is 10.2 Å². The van der Waals surface area contributed by atoms with E-state index in [0.29, 0.717) is 24.3 Å². The van der Waals surface area contributed by atoms with E-state index in [1.54, 1.807) is 24.3 Å². The van der Waals surface area contributed by atoms with Gasteiger partial charge in [-0.25, -0.2) is 14.3 Å². The van der Waals surface area contributed by atoms with Crippen LogP contribution in [0.1, 0.15) is 16.8 Å². The number of para-hydroxylation sites is 1. The highest BCUT2D eigenvalue weighted by molar-refractivity contribution is 7.89. The molecule has 1 aromatic rings. The molecule has 1 aliphatic heterocycles. The minimum atomic E-state index is -3.12. The van der Waals surface area contributed by atoms with E-state index in [1.165, 1.54) is 4.31 Å². The van der Waals surface area contributed by atoms with Gasteiger partial charge in [-0.1, -0.05) is 12.1 Å². The molecule has 0 aliphatic carbocycles. The maximum atomic E-state index is 11.6.